The third-order valence-corrected chi connectivity index (χ3v) is 9.77. The molecule has 248 valence electrons. The number of rotatable bonds is 9. The molecule has 0 spiro atoms. The molecule has 0 N–H and O–H groups in total. The fourth-order valence-electron chi connectivity index (χ4n) is 6.95. The summed E-state index contributed by atoms with van der Waals surface area (Å²) < 4.78 is 12.0. The first-order valence-corrected chi connectivity index (χ1v) is 17.1. The zero-order chi connectivity index (χ0) is 32.8. The minimum Gasteiger partial charge on any atom is -0.462 e. The lowest BCUT2D eigenvalue weighted by atomic mass is 10.0. The van der Waals surface area contributed by atoms with Crippen LogP contribution in [0.25, 0.3) is 0 Å². The molecule has 0 bridgehead atoms. The maximum atomic E-state index is 13.2. The first-order valence-electron chi connectivity index (χ1n) is 17.1. The van der Waals surface area contributed by atoms with Crippen LogP contribution in [-0.4, -0.2) is 84.3 Å². The second kappa shape index (κ2) is 15.0. The number of likely N-dealkylation sites (tertiary alicyclic amines) is 1. The Morgan fingerprint density at radius 3 is 2.62 bits per heavy atom. The number of nitriles is 1. The van der Waals surface area contributed by atoms with E-state index in [1.54, 1.807) is 4.90 Å². The van der Waals surface area contributed by atoms with Crippen molar-refractivity contribution in [2.24, 2.45) is 0 Å². The lowest BCUT2D eigenvalue weighted by Crippen LogP contribution is -2.55. The van der Waals surface area contributed by atoms with Crippen molar-refractivity contribution >= 4 is 17.6 Å². The van der Waals surface area contributed by atoms with Crippen LogP contribution in [0, 0.1) is 11.3 Å². The van der Waals surface area contributed by atoms with Crippen LogP contribution in [0.1, 0.15) is 67.8 Å². The van der Waals surface area contributed by atoms with E-state index in [4.69, 9.17) is 19.4 Å². The van der Waals surface area contributed by atoms with Crippen molar-refractivity contribution < 1.29 is 14.3 Å². The Morgan fingerprint density at radius 1 is 1.00 bits per heavy atom. The molecule has 0 unspecified atom stereocenters. The van der Waals surface area contributed by atoms with Gasteiger partial charge in [0.05, 0.1) is 30.8 Å². The quantitative estimate of drug-likeness (QED) is 0.290. The van der Waals surface area contributed by atoms with Gasteiger partial charge in [0.1, 0.15) is 19.0 Å². The zero-order valence-electron chi connectivity index (χ0n) is 28.0. The highest BCUT2D eigenvalue weighted by atomic mass is 16.6. The molecule has 1 amide bonds. The van der Waals surface area contributed by atoms with Crippen LogP contribution in [0.2, 0.25) is 0 Å². The highest BCUT2D eigenvalue weighted by Gasteiger charge is 2.34. The van der Waals surface area contributed by atoms with Gasteiger partial charge in [-0.2, -0.15) is 15.2 Å². The lowest BCUT2D eigenvalue weighted by Gasteiger charge is -2.41. The Morgan fingerprint density at radius 2 is 1.85 bits per heavy atom. The molecule has 4 heterocycles. The van der Waals surface area contributed by atoms with Crippen molar-refractivity contribution in [3.8, 4) is 12.1 Å². The third kappa shape index (κ3) is 7.79. The Labute approximate surface area is 278 Å². The van der Waals surface area contributed by atoms with Gasteiger partial charge in [-0.05, 0) is 68.5 Å². The number of anilines is 2. The zero-order valence-corrected chi connectivity index (χ0v) is 28.0. The largest absolute Gasteiger partial charge is 0.462 e. The Bertz CT molecular complexity index is 1560. The number of aromatic nitrogens is 2. The van der Waals surface area contributed by atoms with E-state index in [9.17, 15) is 10.1 Å². The molecule has 3 aliphatic rings. The highest BCUT2D eigenvalue weighted by molar-refractivity contribution is 5.69. The summed E-state index contributed by atoms with van der Waals surface area (Å²) in [6.07, 6.45) is 3.91. The third-order valence-electron chi connectivity index (χ3n) is 9.77. The van der Waals surface area contributed by atoms with Crippen LogP contribution in [0.4, 0.5) is 16.3 Å². The van der Waals surface area contributed by atoms with Crippen molar-refractivity contribution in [2.75, 3.05) is 56.2 Å². The summed E-state index contributed by atoms with van der Waals surface area (Å²) in [4.78, 5) is 32.0. The highest BCUT2D eigenvalue weighted by Crippen LogP contribution is 2.33. The second-order valence-electron chi connectivity index (χ2n) is 13.3. The first kappa shape index (κ1) is 32.6. The van der Waals surface area contributed by atoms with Gasteiger partial charge in [0, 0.05) is 43.5 Å². The van der Waals surface area contributed by atoms with Crippen molar-refractivity contribution in [3.05, 3.63) is 77.0 Å². The molecule has 2 fully saturated rings. The number of ether oxygens (including phenoxy) is 2. The Hall–Kier alpha value is -4.36. The molecule has 2 saturated heterocycles. The molecule has 1 aromatic heterocycles. The fourth-order valence-corrected chi connectivity index (χ4v) is 6.95. The number of fused-ring (bicyclic) bond motifs is 1. The van der Waals surface area contributed by atoms with Crippen LogP contribution in [-0.2, 0) is 24.3 Å². The van der Waals surface area contributed by atoms with E-state index in [0.29, 0.717) is 50.8 Å². The van der Waals surface area contributed by atoms with Crippen LogP contribution in [0.5, 0.6) is 6.01 Å². The second-order valence-corrected chi connectivity index (χ2v) is 13.3. The predicted molar refractivity (Wildman–Crippen MR) is 183 cm³/mol. The van der Waals surface area contributed by atoms with E-state index in [1.807, 2.05) is 30.3 Å². The normalized spacial score (nSPS) is 20.1. The fraction of sp³-hybridized carbons (Fsp3) is 0.514. The molecule has 0 radical (unpaired) electrons. The molecule has 6 rings (SSSR count). The summed E-state index contributed by atoms with van der Waals surface area (Å²) >= 11 is 0. The van der Waals surface area contributed by atoms with Crippen LogP contribution in [0.3, 0.4) is 0 Å². The van der Waals surface area contributed by atoms with E-state index in [-0.39, 0.29) is 25.2 Å². The molecule has 0 aliphatic carbocycles. The molecule has 3 aliphatic heterocycles. The van der Waals surface area contributed by atoms with Gasteiger partial charge >= 0.3 is 12.1 Å². The van der Waals surface area contributed by atoms with Crippen molar-refractivity contribution in [3.63, 3.8) is 0 Å². The van der Waals surface area contributed by atoms with Gasteiger partial charge in [-0.25, -0.2) is 4.79 Å². The molecular formula is C37H47N7O3. The number of carbonyl (C=O) groups excluding carboxylic acids is 1. The molecule has 3 aromatic rings. The number of piperazine rings is 1. The van der Waals surface area contributed by atoms with Gasteiger partial charge in [0.2, 0.25) is 0 Å². The molecule has 0 saturated carbocycles. The maximum absolute atomic E-state index is 13.2. The smallest absolute Gasteiger partial charge is 0.410 e. The van der Waals surface area contributed by atoms with Crippen LogP contribution in [0.15, 0.2) is 54.6 Å². The summed E-state index contributed by atoms with van der Waals surface area (Å²) in [5.74, 6) is 1.32. The Kier molecular flexibility index (Phi) is 10.4. The number of nitrogens with zero attached hydrogens (tertiary/aromatic N) is 7. The summed E-state index contributed by atoms with van der Waals surface area (Å²) in [5.41, 5.74) is 5.58. The maximum Gasteiger partial charge on any atom is 0.410 e. The molecule has 2 atom stereocenters. The Balaban J connectivity index is 1.26. The summed E-state index contributed by atoms with van der Waals surface area (Å²) in [7, 11) is 2.15. The van der Waals surface area contributed by atoms with Gasteiger partial charge in [0.15, 0.2) is 0 Å². The van der Waals surface area contributed by atoms with Crippen molar-refractivity contribution in [1.82, 2.24) is 19.8 Å². The van der Waals surface area contributed by atoms with E-state index < -0.39 is 0 Å². The first-order chi connectivity index (χ1) is 22.9. The lowest BCUT2D eigenvalue weighted by molar-refractivity contribution is 0.0767. The summed E-state index contributed by atoms with van der Waals surface area (Å²) in [6, 6.07) is 21.2. The van der Waals surface area contributed by atoms with E-state index in [2.05, 4.69) is 65.9 Å². The standard InChI is InChI=1S/C37H47N7O3/c1-27(2)29-12-7-13-30(22-29)42-19-9-15-33-34(24-42)39-36(46-26-32-14-8-18-41(32)3)40-35(33)43-20-21-44(31(23-43)16-17-38)37(45)47-25-28-10-5-4-6-11-28/h4-7,10-13,22,27,31-32H,8-9,14-16,18-21,23-26H2,1-3H3/t31-,32-/m0/s1. The van der Waals surface area contributed by atoms with Crippen molar-refractivity contribution in [2.45, 2.75) is 77.1 Å². The van der Waals surface area contributed by atoms with Gasteiger partial charge in [-0.3, -0.25) is 0 Å². The minimum atomic E-state index is -0.390. The van der Waals surface area contributed by atoms with E-state index in [1.165, 1.54) is 17.7 Å². The number of amides is 1. The van der Waals surface area contributed by atoms with Gasteiger partial charge in [0.25, 0.3) is 0 Å². The van der Waals surface area contributed by atoms with Crippen molar-refractivity contribution in [1.29, 1.82) is 5.26 Å². The molecule has 10 nitrogen and oxygen atoms in total. The van der Waals surface area contributed by atoms with Crippen LogP contribution >= 0.6 is 0 Å². The number of likely N-dealkylation sites (N-methyl/N-ethyl adjacent to an activating group) is 1. The average Bonchev–Trinajstić information content (AvgIpc) is 3.38. The molecule has 47 heavy (non-hydrogen) atoms. The number of hydrogen-bond donors (Lipinski definition) is 0. The summed E-state index contributed by atoms with van der Waals surface area (Å²) in [6.45, 7) is 9.37. The number of benzene rings is 2. The van der Waals surface area contributed by atoms with Gasteiger partial charge in [-0.15, -0.1) is 0 Å². The average molecular weight is 638 g/mol. The van der Waals surface area contributed by atoms with Gasteiger partial charge in [-0.1, -0.05) is 56.3 Å². The number of hydrogen-bond acceptors (Lipinski definition) is 9. The molecule has 2 aromatic carbocycles. The monoisotopic (exact) mass is 637 g/mol. The number of carbonyl (C=O) groups is 1. The summed E-state index contributed by atoms with van der Waals surface area (Å²) in [5, 5.41) is 9.74. The molecular weight excluding hydrogens is 590 g/mol. The van der Waals surface area contributed by atoms with E-state index >= 15 is 0 Å². The van der Waals surface area contributed by atoms with Gasteiger partial charge < -0.3 is 29.1 Å². The minimum absolute atomic E-state index is 0.200. The van der Waals surface area contributed by atoms with E-state index in [0.717, 1.165) is 55.0 Å². The predicted octanol–water partition coefficient (Wildman–Crippen LogP) is 5.77. The topological polar surface area (TPSA) is 98.1 Å². The molecule has 10 heteroatoms. The van der Waals surface area contributed by atoms with Crippen LogP contribution < -0.4 is 14.5 Å². The SMILES string of the molecule is CC(C)c1cccc(N2CCCc3c(nc(OC[C@@H]4CCCN4C)nc3N3CCN(C(=O)OCc4ccccc4)[C@@H](CC#N)C3)C2)c1.